The smallest absolute Gasteiger partial charge is 0.356 e. The van der Waals surface area contributed by atoms with Crippen LogP contribution in [-0.2, 0) is 36.6 Å². The van der Waals surface area contributed by atoms with Crippen LogP contribution < -0.4 is 0 Å². The first-order valence-electron chi connectivity index (χ1n) is 8.59. The maximum atomic E-state index is 12.9. The van der Waals surface area contributed by atoms with Crippen molar-refractivity contribution in [1.82, 2.24) is 23.6 Å². The van der Waals surface area contributed by atoms with Gasteiger partial charge >= 0.3 is 5.97 Å². The number of aromatic nitrogens is 4. The molecular weight excluding hydrogens is 358 g/mol. The molecule has 1 aliphatic carbocycles. The van der Waals surface area contributed by atoms with E-state index >= 15 is 0 Å². The highest BCUT2D eigenvalue weighted by molar-refractivity contribution is 7.89. The Morgan fingerprint density at radius 2 is 2.12 bits per heavy atom. The number of aryl methyl sites for hydroxylation is 2. The lowest BCUT2D eigenvalue weighted by Crippen LogP contribution is -2.37. The summed E-state index contributed by atoms with van der Waals surface area (Å²) in [6.45, 7) is 2.75. The molecule has 0 spiro atoms. The van der Waals surface area contributed by atoms with Gasteiger partial charge < -0.3 is 9.67 Å². The molecule has 0 atom stereocenters. The van der Waals surface area contributed by atoms with Gasteiger partial charge in [0.15, 0.2) is 10.7 Å². The highest BCUT2D eigenvalue weighted by atomic mass is 32.2. The Kier molecular flexibility index (Phi) is 3.92. The molecule has 0 aromatic carbocycles. The van der Waals surface area contributed by atoms with Crippen LogP contribution in [-0.4, -0.2) is 49.7 Å². The molecule has 0 saturated heterocycles. The molecule has 140 valence electrons. The first-order chi connectivity index (χ1) is 12.3. The molecule has 3 heterocycles. The maximum Gasteiger partial charge on any atom is 0.356 e. The van der Waals surface area contributed by atoms with Gasteiger partial charge in [0.25, 0.3) is 10.0 Å². The van der Waals surface area contributed by atoms with Crippen LogP contribution in [0.25, 0.3) is 0 Å². The Bertz CT molecular complexity index is 967. The molecule has 1 saturated carbocycles. The molecule has 2 aromatic heterocycles. The standard InChI is InChI=1S/C16H21N5O4S/c1-10-17-14(9-19(10)2)26(24,25)20-6-5-13-12(8-20)15(16(22)23)18-21(13)7-11-3-4-11/h9,11H,3-8H2,1-2H3,(H,22,23). The molecule has 4 rings (SSSR count). The van der Waals surface area contributed by atoms with E-state index in [1.54, 1.807) is 23.2 Å². The zero-order valence-corrected chi connectivity index (χ0v) is 15.5. The van der Waals surface area contributed by atoms with Crippen LogP contribution in [0.3, 0.4) is 0 Å². The van der Waals surface area contributed by atoms with Crippen LogP contribution in [0.5, 0.6) is 0 Å². The van der Waals surface area contributed by atoms with Crippen LogP contribution in [0.1, 0.15) is 40.4 Å². The van der Waals surface area contributed by atoms with Crippen LogP contribution in [0.4, 0.5) is 0 Å². The molecule has 26 heavy (non-hydrogen) atoms. The summed E-state index contributed by atoms with van der Waals surface area (Å²) in [5.74, 6) is 0.0346. The molecule has 0 unspecified atom stereocenters. The van der Waals surface area contributed by atoms with Crippen molar-refractivity contribution in [3.8, 4) is 0 Å². The molecule has 2 aliphatic rings. The van der Waals surface area contributed by atoms with Gasteiger partial charge in [-0.1, -0.05) is 0 Å². The van der Waals surface area contributed by atoms with Crippen molar-refractivity contribution >= 4 is 16.0 Å². The quantitative estimate of drug-likeness (QED) is 0.822. The number of rotatable bonds is 5. The van der Waals surface area contributed by atoms with Gasteiger partial charge in [0, 0.05) is 50.6 Å². The number of carboxylic acids is 1. The van der Waals surface area contributed by atoms with E-state index in [1.165, 1.54) is 10.5 Å². The molecule has 0 bridgehead atoms. The topological polar surface area (TPSA) is 110 Å². The number of imidazole rings is 1. The molecule has 0 amide bonds. The van der Waals surface area contributed by atoms with Gasteiger partial charge in [-0.3, -0.25) is 4.68 Å². The van der Waals surface area contributed by atoms with Crippen molar-refractivity contribution in [2.45, 2.75) is 44.3 Å². The third-order valence-electron chi connectivity index (χ3n) is 5.12. The van der Waals surface area contributed by atoms with Crippen LogP contribution >= 0.6 is 0 Å². The lowest BCUT2D eigenvalue weighted by molar-refractivity contribution is 0.0687. The normalized spacial score (nSPS) is 18.1. The van der Waals surface area contributed by atoms with Crippen molar-refractivity contribution in [3.63, 3.8) is 0 Å². The number of fused-ring (bicyclic) bond motifs is 1. The summed E-state index contributed by atoms with van der Waals surface area (Å²) in [5.41, 5.74) is 1.30. The molecule has 10 heteroatoms. The molecule has 0 radical (unpaired) electrons. The third-order valence-corrected chi connectivity index (χ3v) is 6.84. The number of sulfonamides is 1. The Morgan fingerprint density at radius 3 is 2.69 bits per heavy atom. The Labute approximate surface area is 151 Å². The SMILES string of the molecule is Cc1nc(S(=O)(=O)N2CCc3c(c(C(=O)O)nn3CC3CC3)C2)cn1C. The zero-order chi connectivity index (χ0) is 18.6. The second-order valence-corrected chi connectivity index (χ2v) is 8.92. The van der Waals surface area contributed by atoms with Crippen LogP contribution in [0.2, 0.25) is 0 Å². The second-order valence-electron chi connectivity index (χ2n) is 7.03. The summed E-state index contributed by atoms with van der Waals surface area (Å²) in [6.07, 6.45) is 4.20. The number of hydrogen-bond acceptors (Lipinski definition) is 5. The first kappa shape index (κ1) is 17.2. The lowest BCUT2D eigenvalue weighted by atomic mass is 10.1. The van der Waals surface area contributed by atoms with Gasteiger partial charge in [-0.15, -0.1) is 0 Å². The summed E-state index contributed by atoms with van der Waals surface area (Å²) in [6, 6.07) is 0. The first-order valence-corrected chi connectivity index (χ1v) is 10.0. The van der Waals surface area contributed by atoms with Crippen molar-refractivity contribution in [2.24, 2.45) is 13.0 Å². The Balaban J connectivity index is 1.68. The highest BCUT2D eigenvalue weighted by Gasteiger charge is 2.36. The minimum absolute atomic E-state index is 0.0109. The van der Waals surface area contributed by atoms with Crippen molar-refractivity contribution in [1.29, 1.82) is 0 Å². The molecule has 1 N–H and O–H groups in total. The zero-order valence-electron chi connectivity index (χ0n) is 14.7. The summed E-state index contributed by atoms with van der Waals surface area (Å²) in [5, 5.41) is 13.7. The van der Waals surface area contributed by atoms with E-state index in [-0.39, 0.29) is 17.3 Å². The number of carboxylic acid groups (broad SMARTS) is 1. The van der Waals surface area contributed by atoms with E-state index in [1.807, 2.05) is 0 Å². The molecule has 9 nitrogen and oxygen atoms in total. The Morgan fingerprint density at radius 1 is 1.38 bits per heavy atom. The summed E-state index contributed by atoms with van der Waals surface area (Å²) in [7, 11) is -2.04. The molecule has 1 fully saturated rings. The number of aromatic carboxylic acids is 1. The molecule has 1 aliphatic heterocycles. The van der Waals surface area contributed by atoms with Gasteiger partial charge in [0.05, 0.1) is 0 Å². The number of hydrogen-bond donors (Lipinski definition) is 1. The number of carbonyl (C=O) groups is 1. The minimum Gasteiger partial charge on any atom is -0.476 e. The Hall–Kier alpha value is -2.20. The summed E-state index contributed by atoms with van der Waals surface area (Å²) in [4.78, 5) is 15.7. The average molecular weight is 379 g/mol. The van der Waals surface area contributed by atoms with Gasteiger partial charge in [0.2, 0.25) is 0 Å². The summed E-state index contributed by atoms with van der Waals surface area (Å²) < 4.78 is 30.5. The maximum absolute atomic E-state index is 12.9. The predicted octanol–water partition coefficient (Wildman–Crippen LogP) is 0.780. The fraction of sp³-hybridized carbons (Fsp3) is 0.562. The second kappa shape index (κ2) is 5.92. The fourth-order valence-electron chi connectivity index (χ4n) is 3.32. The van der Waals surface area contributed by atoms with Gasteiger partial charge in [-0.2, -0.15) is 9.40 Å². The van der Waals surface area contributed by atoms with Crippen molar-refractivity contribution < 1.29 is 18.3 Å². The van der Waals surface area contributed by atoms with E-state index in [4.69, 9.17) is 0 Å². The van der Waals surface area contributed by atoms with Crippen molar-refractivity contribution in [2.75, 3.05) is 6.54 Å². The van der Waals surface area contributed by atoms with Crippen LogP contribution in [0.15, 0.2) is 11.2 Å². The fourth-order valence-corrected chi connectivity index (χ4v) is 4.76. The van der Waals surface area contributed by atoms with Crippen molar-refractivity contribution in [3.05, 3.63) is 29.0 Å². The van der Waals surface area contributed by atoms with Gasteiger partial charge in [-0.25, -0.2) is 18.2 Å². The monoisotopic (exact) mass is 379 g/mol. The largest absolute Gasteiger partial charge is 0.476 e. The molecule has 2 aromatic rings. The third kappa shape index (κ3) is 2.82. The minimum atomic E-state index is -3.78. The van der Waals surface area contributed by atoms with Crippen LogP contribution in [0, 0.1) is 12.8 Å². The average Bonchev–Trinajstić information content (AvgIpc) is 3.23. The number of nitrogens with zero attached hydrogens (tertiary/aromatic N) is 5. The highest BCUT2D eigenvalue weighted by Crippen LogP contribution is 2.33. The molecular formula is C16H21N5O4S. The van der Waals surface area contributed by atoms with E-state index in [0.717, 1.165) is 18.5 Å². The lowest BCUT2D eigenvalue weighted by Gasteiger charge is -2.26. The van der Waals surface area contributed by atoms with Gasteiger partial charge in [-0.05, 0) is 25.7 Å². The van der Waals surface area contributed by atoms with E-state index in [2.05, 4.69) is 10.1 Å². The summed E-state index contributed by atoms with van der Waals surface area (Å²) >= 11 is 0. The van der Waals surface area contributed by atoms with E-state index in [9.17, 15) is 18.3 Å². The van der Waals surface area contributed by atoms with Gasteiger partial charge in [0.1, 0.15) is 5.82 Å². The predicted molar refractivity (Wildman–Crippen MR) is 91.2 cm³/mol. The van der Waals surface area contributed by atoms with E-state index in [0.29, 0.717) is 36.8 Å². The van der Waals surface area contributed by atoms with E-state index < -0.39 is 16.0 Å².